The molecule has 9 heteroatoms. The van der Waals surface area contributed by atoms with Crippen LogP contribution in [0.15, 0.2) is 41.7 Å². The molecule has 1 aromatic heterocycles. The summed E-state index contributed by atoms with van der Waals surface area (Å²) in [5.41, 5.74) is 1.35. The summed E-state index contributed by atoms with van der Waals surface area (Å²) >= 11 is 0. The molecule has 1 aromatic carbocycles. The zero-order valence-electron chi connectivity index (χ0n) is 19.9. The van der Waals surface area contributed by atoms with Gasteiger partial charge in [-0.05, 0) is 50.8 Å². The normalized spacial score (nSPS) is 11.7. The highest BCUT2D eigenvalue weighted by Crippen LogP contribution is 2.13. The SMILES string of the molecule is CN=C(NCCc1ccc(NC(=O)OC(C)(C)C)cc1)NCc1nccn1CC(C)C.I. The number of carbonyl (C=O) groups is 1. The molecule has 0 aliphatic carbocycles. The Morgan fingerprint density at radius 3 is 2.47 bits per heavy atom. The van der Waals surface area contributed by atoms with Gasteiger partial charge < -0.3 is 19.9 Å². The monoisotopic (exact) mass is 556 g/mol. The number of rotatable bonds is 8. The summed E-state index contributed by atoms with van der Waals surface area (Å²) in [5, 5.41) is 9.38. The summed E-state index contributed by atoms with van der Waals surface area (Å²) in [6.45, 7) is 12.2. The van der Waals surface area contributed by atoms with E-state index in [4.69, 9.17) is 4.74 Å². The first-order chi connectivity index (χ1) is 14.7. The number of ether oxygens (including phenoxy) is 1. The quantitative estimate of drug-likeness (QED) is 0.255. The topological polar surface area (TPSA) is 92.6 Å². The van der Waals surface area contributed by atoms with Crippen LogP contribution in [0.5, 0.6) is 0 Å². The Bertz CT molecular complexity index is 856. The molecule has 0 unspecified atom stereocenters. The molecule has 1 amide bonds. The van der Waals surface area contributed by atoms with E-state index in [9.17, 15) is 4.79 Å². The van der Waals surface area contributed by atoms with Crippen LogP contribution in [-0.4, -0.2) is 40.8 Å². The van der Waals surface area contributed by atoms with E-state index in [1.54, 1.807) is 7.05 Å². The fourth-order valence-corrected chi connectivity index (χ4v) is 2.95. The van der Waals surface area contributed by atoms with Crippen LogP contribution in [0.1, 0.15) is 46.0 Å². The number of hydrogen-bond donors (Lipinski definition) is 3. The van der Waals surface area contributed by atoms with Gasteiger partial charge in [-0.25, -0.2) is 9.78 Å². The average Bonchev–Trinajstić information content (AvgIpc) is 3.10. The number of carbonyl (C=O) groups excluding carboxylic acids is 1. The number of guanidine groups is 1. The smallest absolute Gasteiger partial charge is 0.412 e. The van der Waals surface area contributed by atoms with Crippen molar-refractivity contribution >= 4 is 41.7 Å². The van der Waals surface area contributed by atoms with Gasteiger partial charge in [0.25, 0.3) is 0 Å². The standard InChI is InChI=1S/C23H36N6O2.HI/c1-17(2)16-29-14-13-25-20(29)15-27-21(24-6)26-12-11-18-7-9-19(10-8-18)28-22(30)31-23(3,4)5;/h7-10,13-14,17H,11-12,15-16H2,1-6H3,(H,28,30)(H2,24,26,27);1H. The van der Waals surface area contributed by atoms with Gasteiger partial charge in [-0.3, -0.25) is 10.3 Å². The van der Waals surface area contributed by atoms with Crippen molar-refractivity contribution in [1.82, 2.24) is 20.2 Å². The van der Waals surface area contributed by atoms with E-state index in [1.807, 2.05) is 57.4 Å². The first-order valence-corrected chi connectivity index (χ1v) is 10.7. The third-order valence-corrected chi connectivity index (χ3v) is 4.31. The molecule has 0 saturated heterocycles. The molecule has 2 rings (SSSR count). The van der Waals surface area contributed by atoms with E-state index in [0.717, 1.165) is 36.9 Å². The number of halogens is 1. The maximum atomic E-state index is 11.8. The molecule has 0 aliphatic heterocycles. The number of nitrogens with one attached hydrogen (secondary N) is 3. The van der Waals surface area contributed by atoms with Crippen molar-refractivity contribution in [3.63, 3.8) is 0 Å². The number of imidazole rings is 1. The Balaban J connectivity index is 0.00000512. The molecule has 0 spiro atoms. The van der Waals surface area contributed by atoms with Gasteiger partial charge in [-0.2, -0.15) is 0 Å². The van der Waals surface area contributed by atoms with Crippen molar-refractivity contribution in [2.45, 2.75) is 59.7 Å². The highest BCUT2D eigenvalue weighted by molar-refractivity contribution is 14.0. The molecular formula is C23H37IN6O2. The molecule has 0 aliphatic rings. The van der Waals surface area contributed by atoms with Crippen LogP contribution in [0, 0.1) is 5.92 Å². The molecule has 0 bridgehead atoms. The minimum atomic E-state index is -0.518. The van der Waals surface area contributed by atoms with Crippen molar-refractivity contribution in [2.75, 3.05) is 18.9 Å². The van der Waals surface area contributed by atoms with Gasteiger partial charge in [-0.1, -0.05) is 26.0 Å². The van der Waals surface area contributed by atoms with Gasteiger partial charge in [0.05, 0.1) is 6.54 Å². The largest absolute Gasteiger partial charge is 0.444 e. The summed E-state index contributed by atoms with van der Waals surface area (Å²) in [7, 11) is 1.76. The van der Waals surface area contributed by atoms with Gasteiger partial charge in [0, 0.05) is 38.2 Å². The van der Waals surface area contributed by atoms with Crippen LogP contribution < -0.4 is 16.0 Å². The lowest BCUT2D eigenvalue weighted by Gasteiger charge is -2.19. The summed E-state index contributed by atoms with van der Waals surface area (Å²) in [6.07, 6.45) is 4.21. The van der Waals surface area contributed by atoms with E-state index in [-0.39, 0.29) is 24.0 Å². The van der Waals surface area contributed by atoms with Crippen molar-refractivity contribution in [3.8, 4) is 0 Å². The van der Waals surface area contributed by atoms with Crippen LogP contribution in [0.3, 0.4) is 0 Å². The summed E-state index contributed by atoms with van der Waals surface area (Å²) in [5.74, 6) is 2.29. The van der Waals surface area contributed by atoms with Gasteiger partial charge in [0.2, 0.25) is 0 Å². The third-order valence-electron chi connectivity index (χ3n) is 4.31. The Labute approximate surface area is 208 Å². The zero-order chi connectivity index (χ0) is 22.9. The maximum Gasteiger partial charge on any atom is 0.412 e. The molecule has 32 heavy (non-hydrogen) atoms. The fourth-order valence-electron chi connectivity index (χ4n) is 2.95. The minimum Gasteiger partial charge on any atom is -0.444 e. The lowest BCUT2D eigenvalue weighted by molar-refractivity contribution is 0.0636. The average molecular weight is 556 g/mol. The van der Waals surface area contributed by atoms with Crippen LogP contribution >= 0.6 is 24.0 Å². The van der Waals surface area contributed by atoms with E-state index >= 15 is 0 Å². The highest BCUT2D eigenvalue weighted by Gasteiger charge is 2.16. The molecule has 2 aromatic rings. The van der Waals surface area contributed by atoms with Crippen LogP contribution in [0.25, 0.3) is 0 Å². The third kappa shape index (κ3) is 10.3. The van der Waals surface area contributed by atoms with Crippen molar-refractivity contribution < 1.29 is 9.53 Å². The predicted octanol–water partition coefficient (Wildman–Crippen LogP) is 4.41. The van der Waals surface area contributed by atoms with E-state index < -0.39 is 11.7 Å². The Hall–Kier alpha value is -2.30. The Morgan fingerprint density at radius 2 is 1.88 bits per heavy atom. The van der Waals surface area contributed by atoms with Crippen molar-refractivity contribution in [3.05, 3.63) is 48.0 Å². The molecule has 1 heterocycles. The van der Waals surface area contributed by atoms with Crippen LogP contribution in [0.4, 0.5) is 10.5 Å². The fraction of sp³-hybridized carbons (Fsp3) is 0.522. The van der Waals surface area contributed by atoms with Crippen LogP contribution in [-0.2, 0) is 24.2 Å². The number of amides is 1. The lowest BCUT2D eigenvalue weighted by atomic mass is 10.1. The van der Waals surface area contributed by atoms with E-state index in [1.165, 1.54) is 0 Å². The first-order valence-electron chi connectivity index (χ1n) is 10.7. The predicted molar refractivity (Wildman–Crippen MR) is 141 cm³/mol. The second kappa shape index (κ2) is 13.3. The summed E-state index contributed by atoms with van der Waals surface area (Å²) in [6, 6.07) is 7.74. The van der Waals surface area contributed by atoms with Crippen molar-refractivity contribution in [2.24, 2.45) is 10.9 Å². The Kier molecular flexibility index (Phi) is 11.5. The summed E-state index contributed by atoms with van der Waals surface area (Å²) in [4.78, 5) is 20.6. The van der Waals surface area contributed by atoms with E-state index in [0.29, 0.717) is 18.2 Å². The van der Waals surface area contributed by atoms with Gasteiger partial charge in [0.1, 0.15) is 11.4 Å². The van der Waals surface area contributed by atoms with Crippen molar-refractivity contribution in [1.29, 1.82) is 0 Å². The number of aromatic nitrogens is 2. The van der Waals surface area contributed by atoms with Gasteiger partial charge in [-0.15, -0.1) is 24.0 Å². The van der Waals surface area contributed by atoms with E-state index in [2.05, 4.69) is 44.3 Å². The zero-order valence-corrected chi connectivity index (χ0v) is 22.3. The maximum absolute atomic E-state index is 11.8. The molecule has 0 fully saturated rings. The van der Waals surface area contributed by atoms with Gasteiger partial charge in [0.15, 0.2) is 5.96 Å². The second-order valence-corrected chi connectivity index (χ2v) is 8.82. The molecule has 3 N–H and O–H groups in total. The highest BCUT2D eigenvalue weighted by atomic mass is 127. The molecule has 0 radical (unpaired) electrons. The molecule has 8 nitrogen and oxygen atoms in total. The van der Waals surface area contributed by atoms with Gasteiger partial charge >= 0.3 is 6.09 Å². The minimum absolute atomic E-state index is 0. The number of anilines is 1. The number of aliphatic imine (C=N–C) groups is 1. The molecular weight excluding hydrogens is 519 g/mol. The lowest BCUT2D eigenvalue weighted by Crippen LogP contribution is -2.38. The molecule has 178 valence electrons. The number of hydrogen-bond acceptors (Lipinski definition) is 4. The van der Waals surface area contributed by atoms with Crippen LogP contribution in [0.2, 0.25) is 0 Å². The second-order valence-electron chi connectivity index (χ2n) is 8.82. The molecule has 0 saturated carbocycles. The summed E-state index contributed by atoms with van der Waals surface area (Å²) < 4.78 is 7.43. The number of nitrogens with zero attached hydrogens (tertiary/aromatic N) is 3. The molecule has 0 atom stereocenters. The first kappa shape index (κ1) is 27.7. The number of benzene rings is 1. The Morgan fingerprint density at radius 1 is 1.19 bits per heavy atom.